The van der Waals surface area contributed by atoms with E-state index in [9.17, 15) is 14.9 Å². The molecule has 1 N–H and O–H groups in total. The Kier molecular flexibility index (Phi) is 6.42. The molecule has 0 radical (unpaired) electrons. The van der Waals surface area contributed by atoms with E-state index in [1.165, 1.54) is 31.6 Å². The Morgan fingerprint density at radius 1 is 1.07 bits per heavy atom. The summed E-state index contributed by atoms with van der Waals surface area (Å²) in [5, 5.41) is 22.9. The Balaban J connectivity index is 1.78. The summed E-state index contributed by atoms with van der Waals surface area (Å²) >= 11 is 1.18. The third-order valence-corrected chi connectivity index (χ3v) is 4.98. The van der Waals surface area contributed by atoms with E-state index >= 15 is 0 Å². The third-order valence-electron chi connectivity index (χ3n) is 4.14. The standard InChI is InChI=1S/C19H18N4O6S/c1-27-12-6-4-11(5-7-12)8-17-21-22-19(30-17)20-18(24)13-9-15(28-2)16(29-3)10-14(13)23(25)26/h4-7,9-10H,8H2,1-3H3,(H,20,22,24). The molecule has 1 amide bonds. The normalized spacial score (nSPS) is 10.4. The highest BCUT2D eigenvalue weighted by Crippen LogP contribution is 2.35. The molecule has 1 heterocycles. The van der Waals surface area contributed by atoms with Crippen LogP contribution in [0.25, 0.3) is 0 Å². The molecule has 11 heteroatoms. The number of aromatic nitrogens is 2. The summed E-state index contributed by atoms with van der Waals surface area (Å²) < 4.78 is 15.3. The van der Waals surface area contributed by atoms with Crippen molar-refractivity contribution in [1.82, 2.24) is 10.2 Å². The molecule has 156 valence electrons. The van der Waals surface area contributed by atoms with Gasteiger partial charge in [-0.25, -0.2) is 0 Å². The number of amides is 1. The fraction of sp³-hybridized carbons (Fsp3) is 0.211. The number of carbonyl (C=O) groups excluding carboxylic acids is 1. The molecule has 0 saturated carbocycles. The summed E-state index contributed by atoms with van der Waals surface area (Å²) in [6.07, 6.45) is 0.522. The van der Waals surface area contributed by atoms with Crippen LogP contribution in [-0.4, -0.2) is 42.4 Å². The first-order valence-electron chi connectivity index (χ1n) is 8.62. The summed E-state index contributed by atoms with van der Waals surface area (Å²) in [6, 6.07) is 9.90. The van der Waals surface area contributed by atoms with Crippen LogP contribution < -0.4 is 19.5 Å². The molecule has 1 aromatic heterocycles. The van der Waals surface area contributed by atoms with E-state index in [1.54, 1.807) is 7.11 Å². The number of benzene rings is 2. The van der Waals surface area contributed by atoms with Crippen LogP contribution in [0.15, 0.2) is 36.4 Å². The molecule has 0 atom stereocenters. The predicted octanol–water partition coefficient (Wildman–Crippen LogP) is 3.32. The lowest BCUT2D eigenvalue weighted by molar-refractivity contribution is -0.385. The maximum atomic E-state index is 12.7. The van der Waals surface area contributed by atoms with Gasteiger partial charge in [-0.05, 0) is 17.7 Å². The Hall–Kier alpha value is -3.73. The molecule has 0 aliphatic rings. The first kappa shape index (κ1) is 21.0. The fourth-order valence-electron chi connectivity index (χ4n) is 2.66. The molecule has 3 rings (SSSR count). The molecule has 2 aromatic carbocycles. The smallest absolute Gasteiger partial charge is 0.286 e. The number of nitrogens with one attached hydrogen (secondary N) is 1. The second-order valence-electron chi connectivity index (χ2n) is 5.96. The van der Waals surface area contributed by atoms with Gasteiger partial charge in [-0.2, -0.15) is 0 Å². The number of rotatable bonds is 8. The van der Waals surface area contributed by atoms with Crippen LogP contribution in [-0.2, 0) is 6.42 Å². The zero-order valence-corrected chi connectivity index (χ0v) is 17.2. The van der Waals surface area contributed by atoms with Crippen molar-refractivity contribution in [2.45, 2.75) is 6.42 Å². The maximum absolute atomic E-state index is 12.7. The van der Waals surface area contributed by atoms with E-state index in [2.05, 4.69) is 15.5 Å². The molecule has 0 bridgehead atoms. The largest absolute Gasteiger partial charge is 0.497 e. The molecular weight excluding hydrogens is 412 g/mol. The molecule has 0 spiro atoms. The molecule has 0 fully saturated rings. The first-order valence-corrected chi connectivity index (χ1v) is 9.44. The zero-order chi connectivity index (χ0) is 21.7. The number of hydrogen-bond donors (Lipinski definition) is 1. The van der Waals surface area contributed by atoms with Crippen LogP contribution in [0.5, 0.6) is 17.2 Å². The van der Waals surface area contributed by atoms with E-state index in [4.69, 9.17) is 14.2 Å². The topological polar surface area (TPSA) is 126 Å². The Labute approximate surface area is 175 Å². The van der Waals surface area contributed by atoms with Crippen molar-refractivity contribution in [1.29, 1.82) is 0 Å². The van der Waals surface area contributed by atoms with Crippen molar-refractivity contribution in [3.63, 3.8) is 0 Å². The van der Waals surface area contributed by atoms with E-state index in [0.717, 1.165) is 17.4 Å². The third kappa shape index (κ3) is 4.63. The second kappa shape index (κ2) is 9.18. The summed E-state index contributed by atoms with van der Waals surface area (Å²) in [6.45, 7) is 0. The van der Waals surface area contributed by atoms with Gasteiger partial charge < -0.3 is 14.2 Å². The molecule has 10 nitrogen and oxygen atoms in total. The number of anilines is 1. The van der Waals surface area contributed by atoms with Crippen LogP contribution in [0.3, 0.4) is 0 Å². The Morgan fingerprint density at radius 3 is 2.33 bits per heavy atom. The molecule has 3 aromatic rings. The highest BCUT2D eigenvalue weighted by atomic mass is 32.1. The average molecular weight is 430 g/mol. The van der Waals surface area contributed by atoms with Gasteiger partial charge in [0.2, 0.25) is 5.13 Å². The van der Waals surface area contributed by atoms with Gasteiger partial charge in [-0.15, -0.1) is 10.2 Å². The van der Waals surface area contributed by atoms with Gasteiger partial charge in [0.05, 0.1) is 32.3 Å². The van der Waals surface area contributed by atoms with Crippen molar-refractivity contribution in [2.75, 3.05) is 26.6 Å². The number of ether oxygens (including phenoxy) is 3. The van der Waals surface area contributed by atoms with Crippen LogP contribution >= 0.6 is 11.3 Å². The van der Waals surface area contributed by atoms with Crippen LogP contribution in [0.2, 0.25) is 0 Å². The minimum atomic E-state index is -0.699. The number of nitro groups is 1. The molecule has 0 aliphatic heterocycles. The lowest BCUT2D eigenvalue weighted by Crippen LogP contribution is -2.14. The summed E-state index contributed by atoms with van der Waals surface area (Å²) in [5.74, 6) is 0.402. The quantitative estimate of drug-likeness (QED) is 0.426. The highest BCUT2D eigenvalue weighted by molar-refractivity contribution is 7.15. The number of hydrogen-bond acceptors (Lipinski definition) is 9. The van der Waals surface area contributed by atoms with Gasteiger partial charge in [-0.3, -0.25) is 20.2 Å². The highest BCUT2D eigenvalue weighted by Gasteiger charge is 2.25. The maximum Gasteiger partial charge on any atom is 0.286 e. The van der Waals surface area contributed by atoms with Crippen molar-refractivity contribution < 1.29 is 23.9 Å². The molecule has 0 unspecified atom stereocenters. The van der Waals surface area contributed by atoms with E-state index < -0.39 is 16.5 Å². The minimum Gasteiger partial charge on any atom is -0.497 e. The fourth-order valence-corrected chi connectivity index (χ4v) is 3.43. The minimum absolute atomic E-state index is 0.151. The van der Waals surface area contributed by atoms with Crippen molar-refractivity contribution in [2.24, 2.45) is 0 Å². The number of nitro benzene ring substituents is 1. The summed E-state index contributed by atoms with van der Waals surface area (Å²) in [5.41, 5.74) is 0.415. The number of nitrogens with zero attached hydrogens (tertiary/aromatic N) is 3. The average Bonchev–Trinajstić information content (AvgIpc) is 3.19. The van der Waals surface area contributed by atoms with Crippen LogP contribution in [0.1, 0.15) is 20.9 Å². The van der Waals surface area contributed by atoms with E-state index in [1.807, 2.05) is 24.3 Å². The predicted molar refractivity (Wildman–Crippen MR) is 110 cm³/mol. The molecule has 0 saturated heterocycles. The first-order chi connectivity index (χ1) is 14.4. The van der Waals surface area contributed by atoms with E-state index in [0.29, 0.717) is 11.4 Å². The van der Waals surface area contributed by atoms with Gasteiger partial charge in [0, 0.05) is 12.5 Å². The van der Waals surface area contributed by atoms with Crippen molar-refractivity contribution in [3.8, 4) is 17.2 Å². The monoisotopic (exact) mass is 430 g/mol. The van der Waals surface area contributed by atoms with Crippen molar-refractivity contribution in [3.05, 3.63) is 62.6 Å². The van der Waals surface area contributed by atoms with Gasteiger partial charge in [0.1, 0.15) is 16.3 Å². The van der Waals surface area contributed by atoms with Gasteiger partial charge in [0.25, 0.3) is 11.6 Å². The van der Waals surface area contributed by atoms with E-state index in [-0.39, 0.29) is 22.2 Å². The summed E-state index contributed by atoms with van der Waals surface area (Å²) in [4.78, 5) is 23.4. The Bertz CT molecular complexity index is 1070. The van der Waals surface area contributed by atoms with Crippen LogP contribution in [0.4, 0.5) is 10.8 Å². The van der Waals surface area contributed by atoms with Gasteiger partial charge >= 0.3 is 0 Å². The molecule has 30 heavy (non-hydrogen) atoms. The van der Waals surface area contributed by atoms with Gasteiger partial charge in [0.15, 0.2) is 11.5 Å². The molecular formula is C19H18N4O6S. The lowest BCUT2D eigenvalue weighted by atomic mass is 10.1. The summed E-state index contributed by atoms with van der Waals surface area (Å²) in [7, 11) is 4.33. The number of methoxy groups -OCH3 is 3. The van der Waals surface area contributed by atoms with Crippen LogP contribution in [0, 0.1) is 10.1 Å². The Morgan fingerprint density at radius 2 is 1.73 bits per heavy atom. The lowest BCUT2D eigenvalue weighted by Gasteiger charge is -2.10. The second-order valence-corrected chi connectivity index (χ2v) is 7.02. The zero-order valence-electron chi connectivity index (χ0n) is 16.4. The number of carbonyl (C=O) groups is 1. The van der Waals surface area contributed by atoms with Gasteiger partial charge in [-0.1, -0.05) is 23.5 Å². The molecule has 0 aliphatic carbocycles. The van der Waals surface area contributed by atoms with Crippen molar-refractivity contribution >= 4 is 28.1 Å². The SMILES string of the molecule is COc1ccc(Cc2nnc(NC(=O)c3cc(OC)c(OC)cc3[N+](=O)[O-])s2)cc1.